The lowest BCUT2D eigenvalue weighted by Gasteiger charge is -2.24. The summed E-state index contributed by atoms with van der Waals surface area (Å²) in [5.41, 5.74) is 2.42. The first-order chi connectivity index (χ1) is 8.69. The van der Waals surface area contributed by atoms with Crippen molar-refractivity contribution < 1.29 is 4.74 Å². The minimum absolute atomic E-state index is 0.312. The number of aromatic nitrogens is 3. The molecule has 0 radical (unpaired) electrons. The Kier molecular flexibility index (Phi) is 4.14. The van der Waals surface area contributed by atoms with E-state index in [1.54, 1.807) is 4.90 Å². The summed E-state index contributed by atoms with van der Waals surface area (Å²) in [7, 11) is 3.71. The summed E-state index contributed by atoms with van der Waals surface area (Å²) in [4.78, 5) is 14.2. The largest absolute Gasteiger partial charge is 0.463 e. The van der Waals surface area contributed by atoms with Gasteiger partial charge in [0, 0.05) is 14.1 Å². The van der Waals surface area contributed by atoms with Gasteiger partial charge in [0.15, 0.2) is 0 Å². The molecule has 1 fully saturated rings. The second-order valence-corrected chi connectivity index (χ2v) is 4.71. The van der Waals surface area contributed by atoms with Crippen LogP contribution < -0.4 is 20.9 Å². The first-order valence-electron chi connectivity index (χ1n) is 6.22. The average molecular weight is 252 g/mol. The summed E-state index contributed by atoms with van der Waals surface area (Å²) < 4.78 is 5.56. The monoisotopic (exact) mass is 252 g/mol. The Morgan fingerprint density at radius 1 is 1.33 bits per heavy atom. The van der Waals surface area contributed by atoms with Gasteiger partial charge in [-0.05, 0) is 12.3 Å². The normalized spacial score (nSPS) is 15.1. The van der Waals surface area contributed by atoms with E-state index in [4.69, 9.17) is 10.6 Å². The standard InChI is InChI=1S/C11H20N6O/c1-17(2)10-13-9(16-12)14-11(15-10)18-7-6-8-4-3-5-8/h8H,3-7,12H2,1-2H3,(H,13,14,15,16). The molecule has 0 unspecified atom stereocenters. The fourth-order valence-electron chi connectivity index (χ4n) is 1.77. The van der Waals surface area contributed by atoms with Crippen molar-refractivity contribution in [3.63, 3.8) is 0 Å². The number of nitrogens with zero attached hydrogens (tertiary/aromatic N) is 4. The van der Waals surface area contributed by atoms with E-state index in [2.05, 4.69) is 20.4 Å². The Labute approximate surface area is 107 Å². The molecule has 1 aliphatic rings. The second-order valence-electron chi connectivity index (χ2n) is 4.71. The molecule has 0 bridgehead atoms. The molecule has 0 saturated heterocycles. The highest BCUT2D eigenvalue weighted by atomic mass is 16.5. The molecule has 1 saturated carbocycles. The molecule has 0 amide bonds. The quantitative estimate of drug-likeness (QED) is 0.571. The van der Waals surface area contributed by atoms with E-state index in [1.165, 1.54) is 19.3 Å². The van der Waals surface area contributed by atoms with Gasteiger partial charge in [-0.3, -0.25) is 5.43 Å². The van der Waals surface area contributed by atoms with E-state index < -0.39 is 0 Å². The minimum atomic E-state index is 0.312. The molecule has 0 aliphatic heterocycles. The van der Waals surface area contributed by atoms with Gasteiger partial charge in [0.1, 0.15) is 0 Å². The van der Waals surface area contributed by atoms with E-state index in [0.29, 0.717) is 24.5 Å². The highest BCUT2D eigenvalue weighted by Crippen LogP contribution is 2.29. The fourth-order valence-corrected chi connectivity index (χ4v) is 1.77. The smallest absolute Gasteiger partial charge is 0.323 e. The van der Waals surface area contributed by atoms with Crippen LogP contribution in [0, 0.1) is 5.92 Å². The minimum Gasteiger partial charge on any atom is -0.463 e. The van der Waals surface area contributed by atoms with Crippen molar-refractivity contribution in [3.8, 4) is 6.01 Å². The topological polar surface area (TPSA) is 89.2 Å². The number of nitrogen functional groups attached to an aromatic ring is 1. The Morgan fingerprint density at radius 2 is 2.11 bits per heavy atom. The third kappa shape index (κ3) is 3.19. The number of ether oxygens (including phenoxy) is 1. The molecule has 2 rings (SSSR count). The highest BCUT2D eigenvalue weighted by molar-refractivity contribution is 5.35. The molecule has 18 heavy (non-hydrogen) atoms. The van der Waals surface area contributed by atoms with Gasteiger partial charge in [0.2, 0.25) is 11.9 Å². The van der Waals surface area contributed by atoms with Gasteiger partial charge >= 0.3 is 6.01 Å². The molecule has 1 aromatic rings. The van der Waals surface area contributed by atoms with E-state index in [9.17, 15) is 0 Å². The fraction of sp³-hybridized carbons (Fsp3) is 0.727. The number of anilines is 2. The second kappa shape index (κ2) is 5.81. The molecule has 0 atom stereocenters. The van der Waals surface area contributed by atoms with Crippen LogP contribution in [-0.4, -0.2) is 35.7 Å². The zero-order valence-corrected chi connectivity index (χ0v) is 10.9. The van der Waals surface area contributed by atoms with Crippen molar-refractivity contribution >= 4 is 11.9 Å². The number of hydrogen-bond donors (Lipinski definition) is 2. The first kappa shape index (κ1) is 12.8. The van der Waals surface area contributed by atoms with Crippen LogP contribution in [0.25, 0.3) is 0 Å². The summed E-state index contributed by atoms with van der Waals surface area (Å²) >= 11 is 0. The van der Waals surface area contributed by atoms with Gasteiger partial charge in [-0.25, -0.2) is 5.84 Å². The van der Waals surface area contributed by atoms with E-state index in [0.717, 1.165) is 12.3 Å². The molecule has 1 aliphatic carbocycles. The van der Waals surface area contributed by atoms with Crippen molar-refractivity contribution in [1.82, 2.24) is 15.0 Å². The van der Waals surface area contributed by atoms with E-state index >= 15 is 0 Å². The van der Waals surface area contributed by atoms with Crippen LogP contribution in [0.1, 0.15) is 25.7 Å². The van der Waals surface area contributed by atoms with Gasteiger partial charge in [0.25, 0.3) is 0 Å². The number of rotatable bonds is 6. The van der Waals surface area contributed by atoms with Gasteiger partial charge < -0.3 is 9.64 Å². The van der Waals surface area contributed by atoms with Crippen molar-refractivity contribution in [3.05, 3.63) is 0 Å². The predicted octanol–water partition coefficient (Wildman–Crippen LogP) is 0.792. The molecule has 1 heterocycles. The van der Waals surface area contributed by atoms with Gasteiger partial charge in [-0.15, -0.1) is 0 Å². The third-order valence-corrected chi connectivity index (χ3v) is 3.11. The summed E-state index contributed by atoms with van der Waals surface area (Å²) in [5.74, 6) is 6.97. The number of hydrogen-bond acceptors (Lipinski definition) is 7. The number of nitrogens with two attached hydrogens (primary N) is 1. The highest BCUT2D eigenvalue weighted by Gasteiger charge is 2.17. The van der Waals surface area contributed by atoms with Crippen LogP contribution in [0.4, 0.5) is 11.9 Å². The molecule has 100 valence electrons. The Morgan fingerprint density at radius 3 is 2.67 bits per heavy atom. The maximum Gasteiger partial charge on any atom is 0.323 e. The summed E-state index contributed by atoms with van der Waals surface area (Å²) in [6, 6.07) is 0.320. The first-order valence-corrected chi connectivity index (χ1v) is 6.22. The molecular weight excluding hydrogens is 232 g/mol. The molecule has 7 heteroatoms. The zero-order chi connectivity index (χ0) is 13.0. The van der Waals surface area contributed by atoms with Gasteiger partial charge in [-0.2, -0.15) is 15.0 Å². The zero-order valence-electron chi connectivity index (χ0n) is 10.9. The molecular formula is C11H20N6O. The SMILES string of the molecule is CN(C)c1nc(NN)nc(OCCC2CCC2)n1. The summed E-state index contributed by atoms with van der Waals surface area (Å²) in [6.07, 6.45) is 5.05. The van der Waals surface area contributed by atoms with Crippen LogP contribution in [0.3, 0.4) is 0 Å². The van der Waals surface area contributed by atoms with Crippen LogP contribution in [0.5, 0.6) is 6.01 Å². The molecule has 0 spiro atoms. The van der Waals surface area contributed by atoms with Crippen molar-refractivity contribution in [1.29, 1.82) is 0 Å². The lowest BCUT2D eigenvalue weighted by Crippen LogP contribution is -2.19. The van der Waals surface area contributed by atoms with E-state index in [-0.39, 0.29) is 0 Å². The predicted molar refractivity (Wildman–Crippen MR) is 69.4 cm³/mol. The molecule has 3 N–H and O–H groups in total. The number of hydrazine groups is 1. The van der Waals surface area contributed by atoms with Crippen LogP contribution >= 0.6 is 0 Å². The third-order valence-electron chi connectivity index (χ3n) is 3.11. The van der Waals surface area contributed by atoms with Gasteiger partial charge in [0.05, 0.1) is 6.61 Å². The molecule has 1 aromatic heterocycles. The lowest BCUT2D eigenvalue weighted by molar-refractivity contribution is 0.212. The molecule has 0 aromatic carbocycles. The van der Waals surface area contributed by atoms with Crippen LogP contribution in [-0.2, 0) is 0 Å². The van der Waals surface area contributed by atoms with Crippen molar-refractivity contribution in [2.45, 2.75) is 25.7 Å². The number of nitrogens with one attached hydrogen (secondary N) is 1. The van der Waals surface area contributed by atoms with Crippen LogP contribution in [0.15, 0.2) is 0 Å². The summed E-state index contributed by atoms with van der Waals surface area (Å²) in [6.45, 7) is 0.644. The van der Waals surface area contributed by atoms with Crippen molar-refractivity contribution in [2.24, 2.45) is 11.8 Å². The Bertz CT molecular complexity index is 393. The maximum atomic E-state index is 5.56. The summed E-state index contributed by atoms with van der Waals surface area (Å²) in [5, 5.41) is 0. The molecule has 7 nitrogen and oxygen atoms in total. The van der Waals surface area contributed by atoms with Gasteiger partial charge in [-0.1, -0.05) is 19.3 Å². The lowest BCUT2D eigenvalue weighted by atomic mass is 9.83. The van der Waals surface area contributed by atoms with E-state index in [1.807, 2.05) is 14.1 Å². The Balaban J connectivity index is 1.94. The Hall–Kier alpha value is -1.63. The van der Waals surface area contributed by atoms with Crippen LogP contribution in [0.2, 0.25) is 0 Å². The average Bonchev–Trinajstić information content (AvgIpc) is 2.31. The maximum absolute atomic E-state index is 5.56. The van der Waals surface area contributed by atoms with Crippen molar-refractivity contribution in [2.75, 3.05) is 31.0 Å².